The van der Waals surface area contributed by atoms with Crippen molar-refractivity contribution in [3.05, 3.63) is 12.6 Å². The highest BCUT2D eigenvalue weighted by Gasteiger charge is 1.71. The maximum absolute atomic E-state index is 7.27. The lowest BCUT2D eigenvalue weighted by Gasteiger charge is -1.81. The van der Waals surface area contributed by atoms with Gasteiger partial charge in [-0.2, -0.15) is 0 Å². The van der Waals surface area contributed by atoms with Crippen molar-refractivity contribution in [2.24, 2.45) is 0 Å². The third kappa shape index (κ3) is 3.74. The van der Waals surface area contributed by atoms with Crippen molar-refractivity contribution >= 4 is 0 Å². The van der Waals surface area contributed by atoms with E-state index in [1.54, 1.807) is 0 Å². The third-order valence-electron chi connectivity index (χ3n) is 0.328. The van der Waals surface area contributed by atoms with Gasteiger partial charge in [0.05, 0.1) is 4.11 Å². The summed E-state index contributed by atoms with van der Waals surface area (Å²) >= 11 is 0. The minimum Gasteiger partial charge on any atom is -0.103 e. The summed E-state index contributed by atoms with van der Waals surface area (Å²) in [4.78, 5) is 0. The largest absolute Gasteiger partial charge is 0.103 e. The SMILES string of the molecule is [2H]C([2H])=C([2H])C([2H])([2H])C([2H])([2H])CC. The quantitative estimate of drug-likeness (QED) is 0.468. The first kappa shape index (κ1) is 0.936. The second-order valence-corrected chi connectivity index (χ2v) is 0.780. The summed E-state index contributed by atoms with van der Waals surface area (Å²) in [5.41, 5.74) is 0. The van der Waals surface area contributed by atoms with Crippen molar-refractivity contribution in [1.29, 1.82) is 0 Å². The van der Waals surface area contributed by atoms with E-state index in [4.69, 9.17) is 9.60 Å². The molecule has 36 valence electrons. The second-order valence-electron chi connectivity index (χ2n) is 0.780. The summed E-state index contributed by atoms with van der Waals surface area (Å²) in [6, 6.07) is -0.917. The van der Waals surface area contributed by atoms with Gasteiger partial charge in [-0.05, 0) is 6.37 Å². The van der Waals surface area contributed by atoms with Crippen molar-refractivity contribution in [1.82, 2.24) is 0 Å². The molecule has 0 aliphatic rings. The van der Waals surface area contributed by atoms with Crippen molar-refractivity contribution in [2.75, 3.05) is 0 Å². The van der Waals surface area contributed by atoms with Gasteiger partial charge in [0, 0.05) is 5.48 Å². The first-order valence-electron chi connectivity index (χ1n) is 5.31. The molecule has 0 amide bonds. The molecule has 0 radical (unpaired) electrons. The smallest absolute Gasteiger partial charge is 0.0570 e. The van der Waals surface area contributed by atoms with Gasteiger partial charge in [-0.25, -0.2) is 0 Å². The third-order valence-corrected chi connectivity index (χ3v) is 0.328. The first-order valence-corrected chi connectivity index (χ1v) is 1.81. The summed E-state index contributed by atoms with van der Waals surface area (Å²) in [7, 11) is 0. The molecule has 0 spiro atoms. The zero-order valence-electron chi connectivity index (χ0n) is 10.7. The minimum atomic E-state index is -2.57. The van der Waals surface area contributed by atoms with Crippen LogP contribution in [0.1, 0.15) is 35.7 Å². The monoisotopic (exact) mass is 91.1 g/mol. The molecule has 0 bridgehead atoms. The molecule has 0 aliphatic carbocycles. The molecule has 0 saturated carbocycles. The molecule has 0 aromatic heterocycles. The van der Waals surface area contributed by atoms with E-state index in [0.29, 0.717) is 0 Å². The number of allylic oxidation sites excluding steroid dienone is 1. The second kappa shape index (κ2) is 4.74. The zero-order valence-corrected chi connectivity index (χ0v) is 3.71. The lowest BCUT2D eigenvalue weighted by molar-refractivity contribution is 0.816. The average molecular weight is 91.2 g/mol. The average Bonchev–Trinajstić information content (AvgIpc) is 2.02. The van der Waals surface area contributed by atoms with Gasteiger partial charge >= 0.3 is 0 Å². The van der Waals surface area contributed by atoms with Crippen LogP contribution in [-0.4, -0.2) is 0 Å². The summed E-state index contributed by atoms with van der Waals surface area (Å²) < 4.78 is 49.7. The Labute approximate surface area is 49.7 Å². The maximum atomic E-state index is 7.27. The Balaban J connectivity index is 5.09. The van der Waals surface area contributed by atoms with Gasteiger partial charge in [0.1, 0.15) is 0 Å². The molecule has 0 fully saturated rings. The van der Waals surface area contributed by atoms with E-state index in [9.17, 15) is 0 Å². The Bertz CT molecular complexity index is 213. The van der Waals surface area contributed by atoms with E-state index in [-0.39, 0.29) is 6.42 Å². The lowest BCUT2D eigenvalue weighted by atomic mass is 10.3. The Morgan fingerprint density at radius 3 is 3.67 bits per heavy atom. The van der Waals surface area contributed by atoms with Gasteiger partial charge in [0.2, 0.25) is 0 Å². The topological polar surface area (TPSA) is 0 Å². The number of hydrogen-bond donors (Lipinski definition) is 0. The predicted molar refractivity (Wildman–Crippen MR) is 29.7 cm³/mol. The summed E-state index contributed by atoms with van der Waals surface area (Å²) in [5.74, 6) is 0. The highest BCUT2D eigenvalue weighted by molar-refractivity contribution is 4.64. The highest BCUT2D eigenvalue weighted by Crippen LogP contribution is 1.91. The van der Waals surface area contributed by atoms with Crippen LogP contribution in [0.5, 0.6) is 0 Å². The van der Waals surface area contributed by atoms with E-state index in [1.165, 1.54) is 6.92 Å². The normalized spacial score (nSPS) is 29.2. The van der Waals surface area contributed by atoms with Gasteiger partial charge < -0.3 is 0 Å². The van der Waals surface area contributed by atoms with E-state index in [0.717, 1.165) is 0 Å². The molecule has 0 N–H and O–H groups in total. The maximum Gasteiger partial charge on any atom is 0.0570 e. The first-order chi connectivity index (χ1) is 5.66. The summed E-state index contributed by atoms with van der Waals surface area (Å²) in [5, 5.41) is 0. The van der Waals surface area contributed by atoms with Crippen LogP contribution in [-0.2, 0) is 0 Å². The van der Waals surface area contributed by atoms with E-state index in [1.807, 2.05) is 0 Å². The van der Waals surface area contributed by atoms with Crippen molar-refractivity contribution < 1.29 is 9.60 Å². The van der Waals surface area contributed by atoms with Crippen molar-refractivity contribution in [3.63, 3.8) is 0 Å². The van der Waals surface area contributed by atoms with Crippen LogP contribution in [0.15, 0.2) is 12.6 Å². The van der Waals surface area contributed by atoms with Crippen molar-refractivity contribution in [3.8, 4) is 0 Å². The highest BCUT2D eigenvalue weighted by atomic mass is 13.8. The summed E-state index contributed by atoms with van der Waals surface area (Å²) in [6.07, 6.45) is -4.88. The molecule has 6 heavy (non-hydrogen) atoms. The predicted octanol–water partition coefficient (Wildman–Crippen LogP) is 2.36. The zero-order chi connectivity index (χ0) is 10.9. The molecule has 0 aromatic rings. The fourth-order valence-corrected chi connectivity index (χ4v) is 0.133. The van der Waals surface area contributed by atoms with E-state index in [2.05, 4.69) is 0 Å². The molecule has 0 aliphatic heterocycles. The van der Waals surface area contributed by atoms with Crippen LogP contribution in [0.2, 0.25) is 0 Å². The minimum absolute atomic E-state index is 0.102. The Morgan fingerprint density at radius 2 is 3.17 bits per heavy atom. The van der Waals surface area contributed by atoms with Crippen LogP contribution >= 0.6 is 0 Å². The van der Waals surface area contributed by atoms with Crippen molar-refractivity contribution in [2.45, 2.75) is 26.1 Å². The molecule has 0 aromatic carbocycles. The number of hydrogen-bond acceptors (Lipinski definition) is 0. The molecule has 0 atom stereocenters. The molecule has 0 nitrogen and oxygen atoms in total. The van der Waals surface area contributed by atoms with Crippen LogP contribution < -0.4 is 0 Å². The number of rotatable bonds is 3. The molecule has 0 unspecified atom stereocenters. The van der Waals surface area contributed by atoms with Gasteiger partial charge in [-0.1, -0.05) is 25.8 Å². The summed E-state index contributed by atoms with van der Waals surface area (Å²) in [6.45, 7) is 0.473. The molecule has 0 heteroatoms. The van der Waals surface area contributed by atoms with Crippen LogP contribution in [0, 0.1) is 0 Å². The van der Waals surface area contributed by atoms with Gasteiger partial charge in [0.25, 0.3) is 0 Å². The fourth-order valence-electron chi connectivity index (χ4n) is 0.133. The molecule has 0 rings (SSSR count). The van der Waals surface area contributed by atoms with E-state index < -0.39 is 25.3 Å². The van der Waals surface area contributed by atoms with E-state index >= 15 is 0 Å². The van der Waals surface area contributed by atoms with Crippen LogP contribution in [0.25, 0.3) is 0 Å². The van der Waals surface area contributed by atoms with Gasteiger partial charge in [0.15, 0.2) is 0 Å². The fraction of sp³-hybridized carbons (Fsp3) is 0.667. The molecular weight excluding hydrogens is 72.1 g/mol. The van der Waals surface area contributed by atoms with Gasteiger partial charge in [-0.3, -0.25) is 0 Å². The van der Waals surface area contributed by atoms with Gasteiger partial charge in [-0.15, -0.1) is 6.53 Å². The van der Waals surface area contributed by atoms with Crippen LogP contribution in [0.4, 0.5) is 0 Å². The molecular formula is C6H12. The Morgan fingerprint density at radius 1 is 2.33 bits per heavy atom. The molecule has 0 heterocycles. The van der Waals surface area contributed by atoms with Crippen LogP contribution in [0.3, 0.4) is 0 Å². The standard InChI is InChI=1S/C6H12/c1-3-5-6-4-2/h3H,1,4-6H2,2H3/i1D2,3D,5D2,6D2. The molecule has 0 saturated heterocycles. The lowest BCUT2D eigenvalue weighted by Crippen LogP contribution is -1.61. The Kier molecular flexibility index (Phi) is 0.739. The Hall–Kier alpha value is -0.260.